The van der Waals surface area contributed by atoms with Gasteiger partial charge in [-0.1, -0.05) is 26.0 Å². The third-order valence-electron chi connectivity index (χ3n) is 4.81. The van der Waals surface area contributed by atoms with Crippen LogP contribution in [-0.2, 0) is 6.42 Å². The Bertz CT molecular complexity index is 683. The molecule has 0 aliphatic heterocycles. The second-order valence-corrected chi connectivity index (χ2v) is 11.7. The SMILES string of the molecule is COc1cc(CC(C)(C)[Si](C)(C)O)ccc1-c1c(N)n[nH]c1C. The number of anilines is 1. The number of nitrogens with two attached hydrogens (primary N) is 1. The first-order valence-electron chi connectivity index (χ1n) is 7.77. The number of benzene rings is 1. The number of ether oxygens (including phenoxy) is 1. The van der Waals surface area contributed by atoms with Gasteiger partial charge in [-0.25, -0.2) is 0 Å². The van der Waals surface area contributed by atoms with Gasteiger partial charge < -0.3 is 15.3 Å². The predicted molar refractivity (Wildman–Crippen MR) is 97.2 cm³/mol. The zero-order valence-electron chi connectivity index (χ0n) is 14.8. The zero-order valence-corrected chi connectivity index (χ0v) is 15.8. The summed E-state index contributed by atoms with van der Waals surface area (Å²) in [6, 6.07) is 6.12. The Morgan fingerprint density at radius 1 is 1.35 bits per heavy atom. The molecule has 2 rings (SSSR count). The van der Waals surface area contributed by atoms with Gasteiger partial charge in [-0.15, -0.1) is 0 Å². The van der Waals surface area contributed by atoms with E-state index in [-0.39, 0.29) is 5.04 Å². The summed E-state index contributed by atoms with van der Waals surface area (Å²) in [7, 11) is -0.599. The summed E-state index contributed by atoms with van der Waals surface area (Å²) in [5.74, 6) is 1.24. The Morgan fingerprint density at radius 3 is 2.48 bits per heavy atom. The number of hydrogen-bond donors (Lipinski definition) is 3. The van der Waals surface area contributed by atoms with E-state index in [2.05, 4.69) is 30.1 Å². The Labute approximate surface area is 139 Å². The van der Waals surface area contributed by atoms with Gasteiger partial charge in [0.25, 0.3) is 0 Å². The molecule has 2 aromatic rings. The van der Waals surface area contributed by atoms with Crippen molar-refractivity contribution in [3.05, 3.63) is 29.5 Å². The number of nitrogen functional groups attached to an aromatic ring is 1. The summed E-state index contributed by atoms with van der Waals surface area (Å²) >= 11 is 0. The van der Waals surface area contributed by atoms with Crippen LogP contribution in [0.3, 0.4) is 0 Å². The first kappa shape index (κ1) is 17.6. The Balaban J connectivity index is 2.42. The van der Waals surface area contributed by atoms with E-state index in [0.717, 1.165) is 34.6 Å². The standard InChI is InChI=1S/C17H27N3O2Si/c1-11-15(16(18)20-19-11)13-8-7-12(9-14(13)22-4)10-17(2,3)23(5,6)21/h7-9,21H,10H2,1-6H3,(H3,18,19,20). The lowest BCUT2D eigenvalue weighted by molar-refractivity contribution is 0.415. The summed E-state index contributed by atoms with van der Waals surface area (Å²) in [4.78, 5) is 10.5. The minimum absolute atomic E-state index is 0.121. The number of aromatic amines is 1. The van der Waals surface area contributed by atoms with E-state index in [4.69, 9.17) is 10.5 Å². The molecule has 6 heteroatoms. The third-order valence-corrected chi connectivity index (χ3v) is 8.30. The van der Waals surface area contributed by atoms with Crippen molar-refractivity contribution in [2.75, 3.05) is 12.8 Å². The smallest absolute Gasteiger partial charge is 0.188 e. The van der Waals surface area contributed by atoms with Crippen molar-refractivity contribution in [1.82, 2.24) is 10.2 Å². The van der Waals surface area contributed by atoms with Crippen LogP contribution in [-0.4, -0.2) is 30.4 Å². The lowest BCUT2D eigenvalue weighted by atomic mass is 9.97. The molecular formula is C17H27N3O2Si. The van der Waals surface area contributed by atoms with Crippen LogP contribution in [0, 0.1) is 6.92 Å². The molecule has 0 saturated carbocycles. The quantitative estimate of drug-likeness (QED) is 0.731. The van der Waals surface area contributed by atoms with Gasteiger partial charge in [0.1, 0.15) is 5.75 Å². The number of methoxy groups -OCH3 is 1. The summed E-state index contributed by atoms with van der Waals surface area (Å²) in [5.41, 5.74) is 9.83. The van der Waals surface area contributed by atoms with Gasteiger partial charge in [0.05, 0.1) is 7.11 Å². The molecule has 5 nitrogen and oxygen atoms in total. The fourth-order valence-electron chi connectivity index (χ4n) is 2.57. The second kappa shape index (κ2) is 6.01. The molecule has 1 aromatic heterocycles. The highest BCUT2D eigenvalue weighted by molar-refractivity contribution is 6.72. The van der Waals surface area contributed by atoms with E-state index in [1.165, 1.54) is 0 Å². The summed E-state index contributed by atoms with van der Waals surface area (Å²) < 4.78 is 5.57. The number of hydrogen-bond acceptors (Lipinski definition) is 4. The topological polar surface area (TPSA) is 84.2 Å². The van der Waals surface area contributed by atoms with E-state index in [1.54, 1.807) is 7.11 Å². The molecule has 0 radical (unpaired) electrons. The first-order chi connectivity index (χ1) is 10.6. The number of H-pyrrole nitrogens is 1. The summed E-state index contributed by atoms with van der Waals surface area (Å²) in [5, 5.41) is 6.83. The van der Waals surface area contributed by atoms with Crippen LogP contribution in [0.1, 0.15) is 25.1 Å². The molecule has 0 fully saturated rings. The molecule has 0 saturated heterocycles. The van der Waals surface area contributed by atoms with E-state index in [0.29, 0.717) is 5.82 Å². The minimum atomic E-state index is -2.26. The highest BCUT2D eigenvalue weighted by Crippen LogP contribution is 2.41. The van der Waals surface area contributed by atoms with Gasteiger partial charge in [0, 0.05) is 16.8 Å². The molecule has 1 heterocycles. The predicted octanol–water partition coefficient (Wildman–Crippen LogP) is 3.50. The number of rotatable bonds is 5. The maximum Gasteiger partial charge on any atom is 0.188 e. The normalized spacial score (nSPS) is 12.5. The molecule has 0 aliphatic rings. The maximum absolute atomic E-state index is 10.5. The van der Waals surface area contributed by atoms with Crippen molar-refractivity contribution < 1.29 is 9.53 Å². The molecule has 0 amide bonds. The van der Waals surface area contributed by atoms with Crippen molar-refractivity contribution in [2.24, 2.45) is 0 Å². The molecule has 23 heavy (non-hydrogen) atoms. The summed E-state index contributed by atoms with van der Waals surface area (Å²) in [6.07, 6.45) is 0.805. The van der Waals surface area contributed by atoms with Crippen molar-refractivity contribution in [2.45, 2.75) is 45.3 Å². The van der Waals surface area contributed by atoms with Gasteiger partial charge in [-0.3, -0.25) is 5.10 Å². The lowest BCUT2D eigenvalue weighted by Crippen LogP contribution is -2.40. The van der Waals surface area contributed by atoms with Crippen molar-refractivity contribution in [1.29, 1.82) is 0 Å². The molecule has 0 unspecified atom stereocenters. The molecule has 126 valence electrons. The molecule has 4 N–H and O–H groups in total. The van der Waals surface area contributed by atoms with Crippen LogP contribution in [0.15, 0.2) is 18.2 Å². The van der Waals surface area contributed by atoms with Crippen LogP contribution in [0.5, 0.6) is 5.75 Å². The molecule has 0 aliphatic carbocycles. The van der Waals surface area contributed by atoms with Gasteiger partial charge in [-0.2, -0.15) is 5.10 Å². The second-order valence-electron chi connectivity index (χ2n) is 7.26. The monoisotopic (exact) mass is 333 g/mol. The lowest BCUT2D eigenvalue weighted by Gasteiger charge is -2.35. The fraction of sp³-hybridized carbons (Fsp3) is 0.471. The Kier molecular flexibility index (Phi) is 4.59. The number of nitrogens with one attached hydrogen (secondary N) is 1. The van der Waals surface area contributed by atoms with E-state index < -0.39 is 8.32 Å². The summed E-state index contributed by atoms with van der Waals surface area (Å²) in [6.45, 7) is 10.1. The fourth-order valence-corrected chi connectivity index (χ4v) is 3.20. The van der Waals surface area contributed by atoms with Gasteiger partial charge in [0.2, 0.25) is 0 Å². The van der Waals surface area contributed by atoms with Crippen LogP contribution < -0.4 is 10.5 Å². The molecule has 0 spiro atoms. The van der Waals surface area contributed by atoms with Crippen molar-refractivity contribution in [3.8, 4) is 16.9 Å². The zero-order chi connectivity index (χ0) is 17.4. The molecule has 0 bridgehead atoms. The van der Waals surface area contributed by atoms with Crippen LogP contribution >= 0.6 is 0 Å². The van der Waals surface area contributed by atoms with E-state index in [1.807, 2.05) is 32.2 Å². The van der Waals surface area contributed by atoms with Crippen LogP contribution in [0.2, 0.25) is 18.1 Å². The van der Waals surface area contributed by atoms with Crippen LogP contribution in [0.4, 0.5) is 5.82 Å². The molecular weight excluding hydrogens is 306 g/mol. The number of nitrogens with zero attached hydrogens (tertiary/aromatic N) is 1. The molecule has 0 atom stereocenters. The van der Waals surface area contributed by atoms with Gasteiger partial charge in [-0.05, 0) is 43.1 Å². The highest BCUT2D eigenvalue weighted by Gasteiger charge is 2.38. The average molecular weight is 334 g/mol. The number of aryl methyl sites for hydroxylation is 1. The number of aromatic nitrogens is 2. The highest BCUT2D eigenvalue weighted by atomic mass is 28.4. The first-order valence-corrected chi connectivity index (χ1v) is 10.7. The van der Waals surface area contributed by atoms with Crippen molar-refractivity contribution >= 4 is 14.1 Å². The van der Waals surface area contributed by atoms with E-state index in [9.17, 15) is 4.80 Å². The Morgan fingerprint density at radius 2 is 2.00 bits per heavy atom. The van der Waals surface area contributed by atoms with E-state index >= 15 is 0 Å². The average Bonchev–Trinajstić information content (AvgIpc) is 2.76. The Hall–Kier alpha value is -1.79. The van der Waals surface area contributed by atoms with Gasteiger partial charge in [0.15, 0.2) is 14.1 Å². The third kappa shape index (κ3) is 3.43. The largest absolute Gasteiger partial charge is 0.496 e. The van der Waals surface area contributed by atoms with Crippen LogP contribution in [0.25, 0.3) is 11.1 Å². The maximum atomic E-state index is 10.5. The molecule has 1 aromatic carbocycles. The minimum Gasteiger partial charge on any atom is -0.496 e. The van der Waals surface area contributed by atoms with Gasteiger partial charge >= 0.3 is 0 Å². The van der Waals surface area contributed by atoms with Crippen molar-refractivity contribution in [3.63, 3.8) is 0 Å².